The molecule has 0 atom stereocenters. The summed E-state index contributed by atoms with van der Waals surface area (Å²) in [5.41, 5.74) is 0.169. The van der Waals surface area contributed by atoms with Crippen molar-refractivity contribution in [3.8, 4) is 5.75 Å². The van der Waals surface area contributed by atoms with Gasteiger partial charge in [0, 0.05) is 18.8 Å². The number of methoxy groups -OCH3 is 1. The van der Waals surface area contributed by atoms with Gasteiger partial charge in [-0.2, -0.15) is 0 Å². The lowest BCUT2D eigenvalue weighted by molar-refractivity contribution is 0.101. The van der Waals surface area contributed by atoms with Crippen LogP contribution in [0.1, 0.15) is 21.1 Å². The summed E-state index contributed by atoms with van der Waals surface area (Å²) < 4.78 is 32.3. The summed E-state index contributed by atoms with van der Waals surface area (Å²) in [5, 5.41) is 16.8. The normalized spacial score (nSPS) is 10.6. The Kier molecular flexibility index (Phi) is 5.38. The zero-order valence-corrected chi connectivity index (χ0v) is 15.3. The van der Waals surface area contributed by atoms with E-state index in [1.807, 2.05) is 0 Å². The molecule has 0 unspecified atom stereocenters. The predicted molar refractivity (Wildman–Crippen MR) is 95.2 cm³/mol. The van der Waals surface area contributed by atoms with Crippen molar-refractivity contribution < 1.29 is 18.3 Å². The minimum Gasteiger partial charge on any atom is -0.496 e. The van der Waals surface area contributed by atoms with Gasteiger partial charge < -0.3 is 10.1 Å². The number of anilines is 2. The number of rotatable bonds is 6. The molecule has 0 aliphatic carbocycles. The largest absolute Gasteiger partial charge is 0.496 e. The van der Waals surface area contributed by atoms with Crippen LogP contribution in [0.4, 0.5) is 19.0 Å². The van der Waals surface area contributed by atoms with E-state index in [1.54, 1.807) is 12.4 Å². The van der Waals surface area contributed by atoms with Crippen molar-refractivity contribution >= 4 is 38.8 Å². The van der Waals surface area contributed by atoms with Gasteiger partial charge in [0.15, 0.2) is 16.8 Å². The van der Waals surface area contributed by atoms with Crippen LogP contribution in [-0.4, -0.2) is 35.2 Å². The molecule has 0 radical (unpaired) electrons. The maximum Gasteiger partial charge on any atom is 0.264 e. The minimum atomic E-state index is -1.27. The molecule has 0 aliphatic heterocycles. The summed E-state index contributed by atoms with van der Waals surface area (Å²) in [6, 6.07) is 2.09. The highest BCUT2D eigenvalue weighted by atomic mass is 32.1. The smallest absolute Gasteiger partial charge is 0.264 e. The Balaban J connectivity index is 1.75. The van der Waals surface area contributed by atoms with Crippen LogP contribution < -0.4 is 15.4 Å². The number of nitrogens with one attached hydrogen (secondary N) is 2. The van der Waals surface area contributed by atoms with Crippen LogP contribution in [0.5, 0.6) is 5.75 Å². The summed E-state index contributed by atoms with van der Waals surface area (Å²) in [7, 11) is 3.02. The molecule has 1 aromatic carbocycles. The van der Waals surface area contributed by atoms with Crippen LogP contribution in [0.3, 0.4) is 0 Å². The number of carbonyl (C=O) groups is 1. The standard InChI is InChI=1S/C15H13F2N5O2S2/c1-18-14-22-21-10(26-14)5-7-6-25-15(19-7)20-13(23)11-9(24-2)4-3-8(16)12(11)17/h3-4,6H,5H2,1-2H3,(H,18,22)(H,19,20,23). The van der Waals surface area contributed by atoms with E-state index >= 15 is 0 Å². The van der Waals surface area contributed by atoms with E-state index in [4.69, 9.17) is 4.74 Å². The highest BCUT2D eigenvalue weighted by Gasteiger charge is 2.22. The highest BCUT2D eigenvalue weighted by Crippen LogP contribution is 2.26. The van der Waals surface area contributed by atoms with Gasteiger partial charge in [0.2, 0.25) is 5.13 Å². The minimum absolute atomic E-state index is 0.0633. The fraction of sp³-hybridized carbons (Fsp3) is 0.200. The molecule has 2 heterocycles. The van der Waals surface area contributed by atoms with E-state index in [1.165, 1.54) is 35.8 Å². The Morgan fingerprint density at radius 2 is 2.08 bits per heavy atom. The van der Waals surface area contributed by atoms with Crippen LogP contribution in [-0.2, 0) is 6.42 Å². The van der Waals surface area contributed by atoms with Crippen LogP contribution in [0, 0.1) is 11.6 Å². The van der Waals surface area contributed by atoms with E-state index < -0.39 is 23.1 Å². The second-order valence-electron chi connectivity index (χ2n) is 4.96. The zero-order chi connectivity index (χ0) is 18.7. The molecule has 3 aromatic rings. The first kappa shape index (κ1) is 18.1. The van der Waals surface area contributed by atoms with E-state index in [-0.39, 0.29) is 10.9 Å². The maximum absolute atomic E-state index is 14.0. The van der Waals surface area contributed by atoms with Crippen LogP contribution >= 0.6 is 22.7 Å². The Labute approximate surface area is 155 Å². The first-order chi connectivity index (χ1) is 12.5. The third kappa shape index (κ3) is 3.78. The van der Waals surface area contributed by atoms with Gasteiger partial charge in [-0.05, 0) is 12.1 Å². The highest BCUT2D eigenvalue weighted by molar-refractivity contribution is 7.15. The van der Waals surface area contributed by atoms with Gasteiger partial charge in [0.1, 0.15) is 16.3 Å². The monoisotopic (exact) mass is 397 g/mol. The number of hydrogen-bond donors (Lipinski definition) is 2. The summed E-state index contributed by atoms with van der Waals surface area (Å²) in [6.45, 7) is 0. The number of nitrogens with zero attached hydrogens (tertiary/aromatic N) is 3. The molecule has 0 spiro atoms. The van der Waals surface area contributed by atoms with Crippen molar-refractivity contribution in [2.24, 2.45) is 0 Å². The van der Waals surface area contributed by atoms with Gasteiger partial charge in [0.25, 0.3) is 5.91 Å². The summed E-state index contributed by atoms with van der Waals surface area (Å²) in [4.78, 5) is 16.6. The lowest BCUT2D eigenvalue weighted by Gasteiger charge is -2.09. The SMILES string of the molecule is CNc1nnc(Cc2csc(NC(=O)c3c(OC)ccc(F)c3F)n2)s1. The number of thiazole rings is 1. The first-order valence-corrected chi connectivity index (χ1v) is 8.99. The van der Waals surface area contributed by atoms with Crippen LogP contribution in [0.25, 0.3) is 0 Å². The molecule has 0 fully saturated rings. The van der Waals surface area contributed by atoms with Crippen LogP contribution in [0.15, 0.2) is 17.5 Å². The lowest BCUT2D eigenvalue weighted by Crippen LogP contribution is -2.16. The average Bonchev–Trinajstić information content (AvgIpc) is 3.26. The lowest BCUT2D eigenvalue weighted by atomic mass is 10.1. The Hall–Kier alpha value is -2.66. The van der Waals surface area contributed by atoms with E-state index in [0.717, 1.165) is 11.1 Å². The molecule has 136 valence electrons. The van der Waals surface area contributed by atoms with Gasteiger partial charge in [-0.25, -0.2) is 13.8 Å². The second kappa shape index (κ2) is 7.70. The number of benzene rings is 1. The molecule has 1 amide bonds. The molecule has 2 aromatic heterocycles. The Morgan fingerprint density at radius 1 is 1.27 bits per heavy atom. The summed E-state index contributed by atoms with van der Waals surface area (Å²) in [6.07, 6.45) is 0.448. The topological polar surface area (TPSA) is 89.0 Å². The molecule has 0 aliphatic rings. The molecular formula is C15H13F2N5O2S2. The molecule has 26 heavy (non-hydrogen) atoms. The molecule has 7 nitrogen and oxygen atoms in total. The Bertz CT molecular complexity index is 944. The molecule has 0 saturated heterocycles. The molecule has 0 saturated carbocycles. The van der Waals surface area contributed by atoms with Crippen molar-refractivity contribution in [1.82, 2.24) is 15.2 Å². The van der Waals surface area contributed by atoms with E-state index in [0.29, 0.717) is 17.2 Å². The fourth-order valence-corrected chi connectivity index (χ4v) is 3.51. The summed E-state index contributed by atoms with van der Waals surface area (Å²) in [5.74, 6) is -3.31. The van der Waals surface area contributed by atoms with Gasteiger partial charge >= 0.3 is 0 Å². The molecule has 0 bridgehead atoms. The van der Waals surface area contributed by atoms with Crippen molar-refractivity contribution in [2.45, 2.75) is 6.42 Å². The molecule has 3 rings (SSSR count). The third-order valence-corrected chi connectivity index (χ3v) is 5.04. The van der Waals surface area contributed by atoms with E-state index in [2.05, 4.69) is 25.8 Å². The van der Waals surface area contributed by atoms with Crippen molar-refractivity contribution in [3.05, 3.63) is 45.4 Å². The maximum atomic E-state index is 14.0. The predicted octanol–water partition coefficient (Wildman–Crippen LogP) is 3.17. The molecule has 11 heteroatoms. The molecular weight excluding hydrogens is 384 g/mol. The van der Waals surface area contributed by atoms with Gasteiger partial charge in [-0.1, -0.05) is 11.3 Å². The number of ether oxygens (including phenoxy) is 1. The van der Waals surface area contributed by atoms with Gasteiger partial charge in [0.05, 0.1) is 12.8 Å². The quantitative estimate of drug-likeness (QED) is 0.664. The zero-order valence-electron chi connectivity index (χ0n) is 13.7. The number of halogens is 2. The van der Waals surface area contributed by atoms with Crippen LogP contribution in [0.2, 0.25) is 0 Å². The van der Waals surface area contributed by atoms with Gasteiger partial charge in [-0.3, -0.25) is 10.1 Å². The van der Waals surface area contributed by atoms with Crippen molar-refractivity contribution in [2.75, 3.05) is 24.8 Å². The second-order valence-corrected chi connectivity index (χ2v) is 6.88. The number of amides is 1. The molecule has 2 N–H and O–H groups in total. The fourth-order valence-electron chi connectivity index (χ4n) is 2.10. The van der Waals surface area contributed by atoms with E-state index in [9.17, 15) is 13.6 Å². The average molecular weight is 397 g/mol. The van der Waals surface area contributed by atoms with Crippen molar-refractivity contribution in [1.29, 1.82) is 0 Å². The van der Waals surface area contributed by atoms with Crippen molar-refractivity contribution in [3.63, 3.8) is 0 Å². The summed E-state index contributed by atoms with van der Waals surface area (Å²) >= 11 is 2.56. The first-order valence-electron chi connectivity index (χ1n) is 7.29. The third-order valence-electron chi connectivity index (χ3n) is 3.29. The number of carbonyl (C=O) groups excluding carboxylic acids is 1. The number of hydrogen-bond acceptors (Lipinski definition) is 8. The Morgan fingerprint density at radius 3 is 2.77 bits per heavy atom. The van der Waals surface area contributed by atoms with Gasteiger partial charge in [-0.15, -0.1) is 21.5 Å². The number of aromatic nitrogens is 3.